The van der Waals surface area contributed by atoms with Crippen molar-refractivity contribution in [3.8, 4) is 0 Å². The van der Waals surface area contributed by atoms with E-state index >= 15 is 0 Å². The maximum Gasteiger partial charge on any atom is 0.350 e. The lowest BCUT2D eigenvalue weighted by Gasteiger charge is -2.39. The van der Waals surface area contributed by atoms with Gasteiger partial charge in [-0.1, -0.05) is 170 Å². The monoisotopic (exact) mass is 608 g/mol. The molecule has 0 bridgehead atoms. The smallest absolute Gasteiger partial charge is 0.294 e. The molecule has 0 radical (unpaired) electrons. The molecule has 1 fully saturated rings. The third-order valence-electron chi connectivity index (χ3n) is 8.19. The molecule has 0 N–H and O–H groups in total. The average molecular weight is 609 g/mol. The summed E-state index contributed by atoms with van der Waals surface area (Å²) in [5, 5.41) is 5.57. The highest BCUT2D eigenvalue weighted by molar-refractivity contribution is 7.74. The zero-order chi connectivity index (χ0) is 30.1. The van der Waals surface area contributed by atoms with Crippen molar-refractivity contribution in [1.29, 1.82) is 0 Å². The molecule has 0 aromatic heterocycles. The molecule has 0 spiro atoms. The summed E-state index contributed by atoms with van der Waals surface area (Å²) >= 11 is 0. The van der Waals surface area contributed by atoms with Crippen molar-refractivity contribution in [2.45, 2.75) is 19.8 Å². The Balaban J connectivity index is 1.60. The number of rotatable bonds is 11. The molecule has 218 valence electrons. The first-order valence-electron chi connectivity index (χ1n) is 15.5. The standard InChI is InChI=1S/C39H39BN2P2/c1-3-20-38(33-21-10-5-11-22-33)39(4-2)40-41(43(34-23-12-6-13-24-34)35-25-14-7-15-26-35)31-32-42(40)44(36-27-16-8-17-28-36)37-29-18-9-19-30-37/h3,5-19,21-30H,1,4,20,31-32H2,2H3/b39-38-. The zero-order valence-electron chi connectivity index (χ0n) is 25.4. The lowest BCUT2D eigenvalue weighted by Crippen LogP contribution is -2.46. The molecule has 5 aromatic rings. The van der Waals surface area contributed by atoms with Gasteiger partial charge in [0.05, 0.1) is 0 Å². The molecule has 6 rings (SSSR count). The highest BCUT2D eigenvalue weighted by Gasteiger charge is 2.47. The van der Waals surface area contributed by atoms with E-state index in [9.17, 15) is 0 Å². The molecule has 0 atom stereocenters. The Morgan fingerprint density at radius 2 is 0.932 bits per heavy atom. The second-order valence-electron chi connectivity index (χ2n) is 10.9. The molecule has 1 saturated heterocycles. The Labute approximate surface area is 266 Å². The van der Waals surface area contributed by atoms with Gasteiger partial charge in [0, 0.05) is 29.2 Å². The molecule has 44 heavy (non-hydrogen) atoms. The van der Waals surface area contributed by atoms with Crippen LogP contribution in [0.25, 0.3) is 5.57 Å². The van der Waals surface area contributed by atoms with Crippen LogP contribution in [0.2, 0.25) is 0 Å². The highest BCUT2D eigenvalue weighted by Crippen LogP contribution is 2.51. The summed E-state index contributed by atoms with van der Waals surface area (Å²) in [7, 11) is -1.56. The third-order valence-corrected chi connectivity index (χ3v) is 13.2. The van der Waals surface area contributed by atoms with E-state index in [1.807, 2.05) is 0 Å². The van der Waals surface area contributed by atoms with Crippen LogP contribution >= 0.6 is 16.1 Å². The number of hydrogen-bond acceptors (Lipinski definition) is 2. The van der Waals surface area contributed by atoms with Crippen molar-refractivity contribution >= 4 is 49.9 Å². The van der Waals surface area contributed by atoms with Crippen LogP contribution in [0.1, 0.15) is 25.3 Å². The summed E-state index contributed by atoms with van der Waals surface area (Å²) in [5.74, 6) is 0. The summed E-state index contributed by atoms with van der Waals surface area (Å²) in [4.78, 5) is 0. The minimum atomic E-state index is -0.780. The number of nitrogens with zero attached hydrogens (tertiary/aromatic N) is 2. The maximum absolute atomic E-state index is 4.21. The predicted octanol–water partition coefficient (Wildman–Crippen LogP) is 8.17. The molecule has 0 aliphatic carbocycles. The minimum Gasteiger partial charge on any atom is -0.294 e. The van der Waals surface area contributed by atoms with Crippen molar-refractivity contribution in [3.05, 3.63) is 175 Å². The molecule has 1 aliphatic heterocycles. The van der Waals surface area contributed by atoms with Gasteiger partial charge in [-0.15, -0.1) is 6.58 Å². The largest absolute Gasteiger partial charge is 0.350 e. The van der Waals surface area contributed by atoms with E-state index in [0.29, 0.717) is 0 Å². The number of benzene rings is 5. The Hall–Kier alpha value is -3.58. The van der Waals surface area contributed by atoms with Crippen LogP contribution < -0.4 is 21.2 Å². The Kier molecular flexibility index (Phi) is 10.3. The summed E-state index contributed by atoms with van der Waals surface area (Å²) in [5.41, 5.74) is 4.19. The molecule has 1 heterocycles. The second-order valence-corrected chi connectivity index (χ2v) is 15.2. The molecule has 0 unspecified atom stereocenters. The molecule has 1 aliphatic rings. The van der Waals surface area contributed by atoms with Crippen molar-refractivity contribution in [2.24, 2.45) is 0 Å². The zero-order valence-corrected chi connectivity index (χ0v) is 27.2. The summed E-state index contributed by atoms with van der Waals surface area (Å²) in [6, 6.07) is 55.7. The van der Waals surface area contributed by atoms with E-state index in [0.717, 1.165) is 25.9 Å². The summed E-state index contributed by atoms with van der Waals surface area (Å²) < 4.78 is 5.68. The lowest BCUT2D eigenvalue weighted by atomic mass is 9.64. The molecule has 0 amide bonds. The predicted molar refractivity (Wildman–Crippen MR) is 196 cm³/mol. The first-order chi connectivity index (χ1) is 21.8. The molecule has 0 saturated carbocycles. The Bertz CT molecular complexity index is 1480. The van der Waals surface area contributed by atoms with Gasteiger partial charge in [-0.25, -0.2) is 0 Å². The third kappa shape index (κ3) is 6.58. The van der Waals surface area contributed by atoms with Gasteiger partial charge in [-0.05, 0) is 45.2 Å². The van der Waals surface area contributed by atoms with Crippen molar-refractivity contribution in [1.82, 2.24) is 9.16 Å². The van der Waals surface area contributed by atoms with Crippen LogP contribution in [-0.4, -0.2) is 29.2 Å². The van der Waals surface area contributed by atoms with Crippen LogP contribution in [-0.2, 0) is 0 Å². The van der Waals surface area contributed by atoms with E-state index in [2.05, 4.69) is 180 Å². The normalized spacial score (nSPS) is 14.7. The van der Waals surface area contributed by atoms with Crippen LogP contribution in [0.4, 0.5) is 0 Å². The molecule has 2 nitrogen and oxygen atoms in total. The average Bonchev–Trinajstić information content (AvgIpc) is 3.50. The van der Waals surface area contributed by atoms with Crippen molar-refractivity contribution < 1.29 is 0 Å². The van der Waals surface area contributed by atoms with E-state index in [4.69, 9.17) is 0 Å². The maximum atomic E-state index is 4.21. The van der Waals surface area contributed by atoms with Gasteiger partial charge >= 0.3 is 6.98 Å². The highest BCUT2D eigenvalue weighted by atomic mass is 31.1. The van der Waals surface area contributed by atoms with Crippen LogP contribution in [0.3, 0.4) is 0 Å². The fourth-order valence-electron chi connectivity index (χ4n) is 6.32. The lowest BCUT2D eigenvalue weighted by molar-refractivity contribution is 0.704. The van der Waals surface area contributed by atoms with Gasteiger partial charge in [0.2, 0.25) is 0 Å². The van der Waals surface area contributed by atoms with E-state index in [1.54, 1.807) is 0 Å². The second kappa shape index (κ2) is 14.9. The van der Waals surface area contributed by atoms with Crippen LogP contribution in [0, 0.1) is 0 Å². The Morgan fingerprint density at radius 3 is 1.25 bits per heavy atom. The number of allylic oxidation sites excluding steroid dienone is 3. The minimum absolute atomic E-state index is 0.133. The number of hydrogen-bond donors (Lipinski definition) is 0. The van der Waals surface area contributed by atoms with Gasteiger partial charge in [-0.2, -0.15) is 0 Å². The topological polar surface area (TPSA) is 6.48 Å². The molecular formula is C39H39BN2P2. The van der Waals surface area contributed by atoms with Gasteiger partial charge in [-0.3, -0.25) is 9.16 Å². The van der Waals surface area contributed by atoms with Gasteiger partial charge in [0.1, 0.15) is 0 Å². The van der Waals surface area contributed by atoms with E-state index in [-0.39, 0.29) is 6.98 Å². The first-order valence-corrected chi connectivity index (χ1v) is 18.1. The van der Waals surface area contributed by atoms with Crippen LogP contribution in [0.5, 0.6) is 0 Å². The molecule has 5 heteroatoms. The SMILES string of the molecule is C=CC/C(=C(\CC)B1N(P(c2ccccc2)c2ccccc2)CCN1P(c1ccccc1)c1ccccc1)c1ccccc1. The fourth-order valence-corrected chi connectivity index (χ4v) is 11.5. The summed E-state index contributed by atoms with van der Waals surface area (Å²) in [6.07, 6.45) is 3.89. The van der Waals surface area contributed by atoms with Gasteiger partial charge < -0.3 is 0 Å². The van der Waals surface area contributed by atoms with Crippen molar-refractivity contribution in [2.75, 3.05) is 13.1 Å². The first kappa shape index (κ1) is 30.5. The molecule has 5 aromatic carbocycles. The molecular weight excluding hydrogens is 569 g/mol. The van der Waals surface area contributed by atoms with Gasteiger partial charge in [0.25, 0.3) is 0 Å². The fraction of sp³-hybridized carbons (Fsp3) is 0.128. The van der Waals surface area contributed by atoms with Gasteiger partial charge in [0.15, 0.2) is 0 Å². The van der Waals surface area contributed by atoms with E-state index in [1.165, 1.54) is 37.8 Å². The van der Waals surface area contributed by atoms with E-state index < -0.39 is 16.1 Å². The summed E-state index contributed by atoms with van der Waals surface area (Å²) in [6.45, 7) is 8.69. The van der Waals surface area contributed by atoms with Crippen molar-refractivity contribution in [3.63, 3.8) is 0 Å². The van der Waals surface area contributed by atoms with Crippen LogP contribution in [0.15, 0.2) is 170 Å². The quantitative estimate of drug-likeness (QED) is 0.0849. The Morgan fingerprint density at radius 1 is 0.591 bits per heavy atom.